The number of carbonyl (C=O) groups is 1. The van der Waals surface area contributed by atoms with E-state index in [4.69, 9.17) is 15.2 Å². The van der Waals surface area contributed by atoms with E-state index in [9.17, 15) is 9.90 Å². The monoisotopic (exact) mass is 278 g/mol. The van der Waals surface area contributed by atoms with Gasteiger partial charge < -0.3 is 25.2 Å². The topological polar surface area (TPSA) is 85.0 Å². The predicted octanol–water partition coefficient (Wildman–Crippen LogP) is 1.31. The molecule has 0 amide bonds. The second-order valence-corrected chi connectivity index (χ2v) is 5.18. The summed E-state index contributed by atoms with van der Waals surface area (Å²) in [6.07, 6.45) is 1.71. The van der Waals surface area contributed by atoms with E-state index in [1.165, 1.54) is 0 Å². The van der Waals surface area contributed by atoms with Gasteiger partial charge >= 0.3 is 5.97 Å². The molecule has 0 aromatic heterocycles. The molecule has 2 saturated heterocycles. The first-order chi connectivity index (χ1) is 9.61. The molecule has 3 rings (SSSR count). The molecule has 20 heavy (non-hydrogen) atoms. The number of rotatable bonds is 2. The Morgan fingerprint density at radius 3 is 2.80 bits per heavy atom. The molecule has 0 bridgehead atoms. The standard InChI is InChI=1S/C14H18N2O4/c15-11-4-1-3-10(13(17)18)12(11)16-6-2-5-14(9-16)19-7-8-20-14/h1,3-4H,2,5-9,15H2,(H,17,18). The van der Waals surface area contributed by atoms with E-state index in [2.05, 4.69) is 0 Å². The van der Waals surface area contributed by atoms with E-state index >= 15 is 0 Å². The van der Waals surface area contributed by atoms with Crippen LogP contribution in [0.25, 0.3) is 0 Å². The average Bonchev–Trinajstić information content (AvgIpc) is 2.86. The first kappa shape index (κ1) is 13.2. The van der Waals surface area contributed by atoms with E-state index in [1.807, 2.05) is 4.90 Å². The van der Waals surface area contributed by atoms with Gasteiger partial charge in [0.2, 0.25) is 0 Å². The Morgan fingerprint density at radius 2 is 2.10 bits per heavy atom. The van der Waals surface area contributed by atoms with Gasteiger partial charge in [-0.1, -0.05) is 6.07 Å². The maximum Gasteiger partial charge on any atom is 0.337 e. The number of carboxylic acids is 1. The Balaban J connectivity index is 1.94. The van der Waals surface area contributed by atoms with Gasteiger partial charge in [-0.05, 0) is 18.6 Å². The van der Waals surface area contributed by atoms with Crippen LogP contribution in [0.4, 0.5) is 11.4 Å². The lowest BCUT2D eigenvalue weighted by Crippen LogP contribution is -2.49. The van der Waals surface area contributed by atoms with Crippen molar-refractivity contribution in [2.45, 2.75) is 18.6 Å². The van der Waals surface area contributed by atoms with E-state index in [0.29, 0.717) is 31.1 Å². The zero-order chi connectivity index (χ0) is 14.2. The van der Waals surface area contributed by atoms with Crippen LogP contribution in [0.1, 0.15) is 23.2 Å². The third-order valence-corrected chi connectivity index (χ3v) is 3.84. The molecular weight excluding hydrogens is 260 g/mol. The number of nitrogens with two attached hydrogens (primary N) is 1. The highest BCUT2D eigenvalue weighted by Crippen LogP contribution is 2.36. The minimum Gasteiger partial charge on any atom is -0.478 e. The normalized spacial score (nSPS) is 21.3. The van der Waals surface area contributed by atoms with Crippen LogP contribution in [0.15, 0.2) is 18.2 Å². The van der Waals surface area contributed by atoms with Crippen molar-refractivity contribution >= 4 is 17.3 Å². The summed E-state index contributed by atoms with van der Waals surface area (Å²) in [4.78, 5) is 13.4. The maximum atomic E-state index is 11.4. The summed E-state index contributed by atoms with van der Waals surface area (Å²) >= 11 is 0. The fraction of sp³-hybridized carbons (Fsp3) is 0.500. The minimum atomic E-state index is -0.972. The highest BCUT2D eigenvalue weighted by molar-refractivity contribution is 5.98. The van der Waals surface area contributed by atoms with Gasteiger partial charge in [0.1, 0.15) is 0 Å². The van der Waals surface area contributed by atoms with Gasteiger partial charge in [-0.3, -0.25) is 0 Å². The molecule has 0 aliphatic carbocycles. The largest absolute Gasteiger partial charge is 0.478 e. The molecule has 2 aliphatic rings. The fourth-order valence-corrected chi connectivity index (χ4v) is 3.00. The van der Waals surface area contributed by atoms with E-state index in [0.717, 1.165) is 19.4 Å². The van der Waals surface area contributed by atoms with Gasteiger partial charge in [-0.2, -0.15) is 0 Å². The van der Waals surface area contributed by atoms with Crippen LogP contribution >= 0.6 is 0 Å². The van der Waals surface area contributed by atoms with Gasteiger partial charge in [0.25, 0.3) is 0 Å². The molecule has 2 heterocycles. The summed E-state index contributed by atoms with van der Waals surface area (Å²) in [7, 11) is 0. The number of benzene rings is 1. The second kappa shape index (κ2) is 4.96. The third-order valence-electron chi connectivity index (χ3n) is 3.84. The number of nitrogen functional groups attached to an aromatic ring is 1. The number of piperidine rings is 1. The molecule has 108 valence electrons. The maximum absolute atomic E-state index is 11.4. The van der Waals surface area contributed by atoms with Gasteiger partial charge in [0, 0.05) is 13.0 Å². The zero-order valence-corrected chi connectivity index (χ0v) is 11.2. The first-order valence-electron chi connectivity index (χ1n) is 6.76. The Labute approximate surface area is 117 Å². The van der Waals surface area contributed by atoms with E-state index in [1.54, 1.807) is 18.2 Å². The number of nitrogens with zero attached hydrogens (tertiary/aromatic N) is 1. The molecule has 0 atom stereocenters. The van der Waals surface area contributed by atoms with Gasteiger partial charge in [-0.15, -0.1) is 0 Å². The number of aromatic carboxylic acids is 1. The molecule has 1 spiro atoms. The van der Waals surface area contributed by atoms with Crippen molar-refractivity contribution in [3.8, 4) is 0 Å². The Hall–Kier alpha value is -1.79. The van der Waals surface area contributed by atoms with Crippen molar-refractivity contribution in [2.24, 2.45) is 0 Å². The lowest BCUT2D eigenvalue weighted by Gasteiger charge is -2.40. The second-order valence-electron chi connectivity index (χ2n) is 5.18. The molecule has 6 nitrogen and oxygen atoms in total. The molecular formula is C14H18N2O4. The van der Waals surface area contributed by atoms with Crippen molar-refractivity contribution in [1.29, 1.82) is 0 Å². The van der Waals surface area contributed by atoms with Crippen LogP contribution in [0.2, 0.25) is 0 Å². The number of hydrogen-bond acceptors (Lipinski definition) is 5. The van der Waals surface area contributed by atoms with Gasteiger partial charge in [-0.25, -0.2) is 4.79 Å². The van der Waals surface area contributed by atoms with Crippen molar-refractivity contribution in [3.05, 3.63) is 23.8 Å². The Bertz CT molecular complexity index is 526. The van der Waals surface area contributed by atoms with Crippen LogP contribution < -0.4 is 10.6 Å². The minimum absolute atomic E-state index is 0.222. The van der Waals surface area contributed by atoms with Crippen molar-refractivity contribution < 1.29 is 19.4 Å². The highest BCUT2D eigenvalue weighted by Gasteiger charge is 2.41. The lowest BCUT2D eigenvalue weighted by atomic mass is 10.0. The average molecular weight is 278 g/mol. The van der Waals surface area contributed by atoms with Gasteiger partial charge in [0.15, 0.2) is 5.79 Å². The molecule has 3 N–H and O–H groups in total. The highest BCUT2D eigenvalue weighted by atomic mass is 16.7. The number of hydrogen-bond donors (Lipinski definition) is 2. The molecule has 1 aromatic carbocycles. The number of para-hydroxylation sites is 1. The summed E-state index contributed by atoms with van der Waals surface area (Å²) in [6.45, 7) is 2.44. The fourth-order valence-electron chi connectivity index (χ4n) is 3.00. The molecule has 0 saturated carbocycles. The Kier molecular flexibility index (Phi) is 3.27. The van der Waals surface area contributed by atoms with Crippen molar-refractivity contribution in [2.75, 3.05) is 36.9 Å². The van der Waals surface area contributed by atoms with Crippen molar-refractivity contribution in [3.63, 3.8) is 0 Å². The predicted molar refractivity (Wildman–Crippen MR) is 73.9 cm³/mol. The number of carboxylic acid groups (broad SMARTS) is 1. The van der Waals surface area contributed by atoms with Crippen LogP contribution in [0.5, 0.6) is 0 Å². The first-order valence-corrected chi connectivity index (χ1v) is 6.76. The smallest absolute Gasteiger partial charge is 0.337 e. The molecule has 6 heteroatoms. The quantitative estimate of drug-likeness (QED) is 0.793. The SMILES string of the molecule is Nc1cccc(C(=O)O)c1N1CCCC2(C1)OCCO2. The summed E-state index contributed by atoms with van der Waals surface area (Å²) in [5.41, 5.74) is 7.25. The molecule has 1 aromatic rings. The zero-order valence-electron chi connectivity index (χ0n) is 11.2. The van der Waals surface area contributed by atoms with Crippen molar-refractivity contribution in [1.82, 2.24) is 0 Å². The van der Waals surface area contributed by atoms with Crippen LogP contribution in [-0.4, -0.2) is 43.2 Å². The Morgan fingerprint density at radius 1 is 1.35 bits per heavy atom. The van der Waals surface area contributed by atoms with Crippen LogP contribution in [0, 0.1) is 0 Å². The number of ether oxygens (including phenoxy) is 2. The van der Waals surface area contributed by atoms with Crippen LogP contribution in [-0.2, 0) is 9.47 Å². The summed E-state index contributed by atoms with van der Waals surface area (Å²) < 4.78 is 11.4. The summed E-state index contributed by atoms with van der Waals surface area (Å²) in [5.74, 6) is -1.57. The van der Waals surface area contributed by atoms with Crippen LogP contribution in [0.3, 0.4) is 0 Å². The molecule has 0 unspecified atom stereocenters. The van der Waals surface area contributed by atoms with E-state index < -0.39 is 11.8 Å². The van der Waals surface area contributed by atoms with E-state index in [-0.39, 0.29) is 5.56 Å². The number of anilines is 2. The van der Waals surface area contributed by atoms with Gasteiger partial charge in [0.05, 0.1) is 36.7 Å². The summed E-state index contributed by atoms with van der Waals surface area (Å²) in [5, 5.41) is 9.33. The molecule has 0 radical (unpaired) electrons. The molecule has 2 aliphatic heterocycles. The third kappa shape index (κ3) is 2.21. The lowest BCUT2D eigenvalue weighted by molar-refractivity contribution is -0.161. The molecule has 2 fully saturated rings. The summed E-state index contributed by atoms with van der Waals surface area (Å²) in [6, 6.07) is 4.95.